The third-order valence-electron chi connectivity index (χ3n) is 2.70. The Morgan fingerprint density at radius 3 is 2.85 bits per heavy atom. The molecule has 2 heteroatoms. The van der Waals surface area contributed by atoms with E-state index in [-0.39, 0.29) is 11.7 Å². The molecule has 0 amide bonds. The van der Waals surface area contributed by atoms with E-state index in [0.29, 0.717) is 12.8 Å². The van der Waals surface area contributed by atoms with E-state index in [9.17, 15) is 9.90 Å². The van der Waals surface area contributed by atoms with Gasteiger partial charge in [-0.15, -0.1) is 6.58 Å². The first-order valence-electron chi connectivity index (χ1n) is 4.65. The van der Waals surface area contributed by atoms with Crippen LogP contribution in [0.1, 0.15) is 25.7 Å². The lowest BCUT2D eigenvalue weighted by atomic mass is 9.75. The van der Waals surface area contributed by atoms with Gasteiger partial charge in [0.15, 0.2) is 5.78 Å². The van der Waals surface area contributed by atoms with Crippen LogP contribution in [0.2, 0.25) is 0 Å². The summed E-state index contributed by atoms with van der Waals surface area (Å²) >= 11 is 0. The largest absolute Gasteiger partial charge is 0.378 e. The van der Waals surface area contributed by atoms with Gasteiger partial charge < -0.3 is 5.11 Å². The first kappa shape index (κ1) is 10.2. The maximum absolute atomic E-state index is 11.7. The van der Waals surface area contributed by atoms with Crippen LogP contribution in [-0.2, 0) is 4.79 Å². The van der Waals surface area contributed by atoms with Crippen LogP contribution in [0.15, 0.2) is 25.3 Å². The number of Topliss-reactive ketones (excluding diaryl/α,β-unsaturated/α-hetero) is 1. The van der Waals surface area contributed by atoms with Gasteiger partial charge in [-0.1, -0.05) is 18.7 Å². The van der Waals surface area contributed by atoms with Crippen molar-refractivity contribution < 1.29 is 9.90 Å². The van der Waals surface area contributed by atoms with Gasteiger partial charge in [-0.3, -0.25) is 4.79 Å². The summed E-state index contributed by atoms with van der Waals surface area (Å²) in [6.45, 7) is 7.11. The fourth-order valence-corrected chi connectivity index (χ4v) is 1.85. The Kier molecular flexibility index (Phi) is 3.04. The van der Waals surface area contributed by atoms with Gasteiger partial charge in [0.25, 0.3) is 0 Å². The summed E-state index contributed by atoms with van der Waals surface area (Å²) in [6, 6.07) is 0. The minimum Gasteiger partial charge on any atom is -0.378 e. The Hall–Kier alpha value is -0.890. The Labute approximate surface area is 79.0 Å². The molecule has 0 aromatic heterocycles. The van der Waals surface area contributed by atoms with Crippen molar-refractivity contribution in [1.82, 2.24) is 0 Å². The number of carbonyl (C=O) groups is 1. The van der Waals surface area contributed by atoms with Gasteiger partial charge >= 0.3 is 0 Å². The maximum atomic E-state index is 11.7. The molecule has 0 radical (unpaired) electrons. The monoisotopic (exact) mass is 180 g/mol. The van der Waals surface area contributed by atoms with Crippen molar-refractivity contribution in [2.24, 2.45) is 5.92 Å². The second-order valence-electron chi connectivity index (χ2n) is 3.61. The van der Waals surface area contributed by atoms with E-state index in [4.69, 9.17) is 0 Å². The number of carbonyl (C=O) groups excluding carboxylic acids is 1. The normalized spacial score (nSPS) is 34.2. The standard InChI is InChI=1S/C11H16O2/c1-3-6-9-7-5-8-11(13,4-2)10(9)12/h3-4,9,13H,1-2,5-8H2/t9-,11-/m0/s1. The van der Waals surface area contributed by atoms with Crippen LogP contribution in [0.25, 0.3) is 0 Å². The molecule has 1 aliphatic carbocycles. The SMILES string of the molecule is C=CC[C@H]1CCC[C@@](O)(C=C)C1=O. The zero-order valence-electron chi connectivity index (χ0n) is 7.83. The van der Waals surface area contributed by atoms with E-state index >= 15 is 0 Å². The Morgan fingerprint density at radius 2 is 2.31 bits per heavy atom. The highest BCUT2D eigenvalue weighted by Gasteiger charge is 2.39. The Morgan fingerprint density at radius 1 is 1.62 bits per heavy atom. The summed E-state index contributed by atoms with van der Waals surface area (Å²) in [5.41, 5.74) is -1.27. The van der Waals surface area contributed by atoms with Crippen LogP contribution in [-0.4, -0.2) is 16.5 Å². The molecule has 0 heterocycles. The van der Waals surface area contributed by atoms with Crippen molar-refractivity contribution in [3.63, 3.8) is 0 Å². The predicted octanol–water partition coefficient (Wildman–Crippen LogP) is 1.85. The van der Waals surface area contributed by atoms with Crippen LogP contribution in [0.5, 0.6) is 0 Å². The lowest BCUT2D eigenvalue weighted by molar-refractivity contribution is -0.140. The summed E-state index contributed by atoms with van der Waals surface area (Å²) in [5.74, 6) is -0.150. The molecule has 72 valence electrons. The summed E-state index contributed by atoms with van der Waals surface area (Å²) in [5, 5.41) is 9.84. The second kappa shape index (κ2) is 3.88. The van der Waals surface area contributed by atoms with Crippen molar-refractivity contribution in [1.29, 1.82) is 0 Å². The number of allylic oxidation sites excluding steroid dienone is 1. The predicted molar refractivity (Wildman–Crippen MR) is 52.3 cm³/mol. The maximum Gasteiger partial charge on any atom is 0.171 e. The molecular formula is C11H16O2. The fourth-order valence-electron chi connectivity index (χ4n) is 1.85. The molecular weight excluding hydrogens is 164 g/mol. The molecule has 0 aromatic carbocycles. The van der Waals surface area contributed by atoms with E-state index < -0.39 is 5.60 Å². The molecule has 2 atom stereocenters. The van der Waals surface area contributed by atoms with Crippen LogP contribution in [0, 0.1) is 5.92 Å². The zero-order chi connectivity index (χ0) is 9.90. The molecule has 0 unspecified atom stereocenters. The van der Waals surface area contributed by atoms with Crippen LogP contribution >= 0.6 is 0 Å². The molecule has 2 nitrogen and oxygen atoms in total. The van der Waals surface area contributed by atoms with Gasteiger partial charge in [0.2, 0.25) is 0 Å². The number of hydrogen-bond acceptors (Lipinski definition) is 2. The second-order valence-corrected chi connectivity index (χ2v) is 3.61. The number of rotatable bonds is 3. The average molecular weight is 180 g/mol. The van der Waals surface area contributed by atoms with Gasteiger partial charge in [-0.25, -0.2) is 0 Å². The first-order valence-corrected chi connectivity index (χ1v) is 4.65. The van der Waals surface area contributed by atoms with Gasteiger partial charge in [0, 0.05) is 5.92 Å². The van der Waals surface area contributed by atoms with Crippen LogP contribution in [0.3, 0.4) is 0 Å². The first-order chi connectivity index (χ1) is 6.14. The molecule has 0 spiro atoms. The third kappa shape index (κ3) is 1.89. The topological polar surface area (TPSA) is 37.3 Å². The fraction of sp³-hybridized carbons (Fsp3) is 0.545. The van der Waals surface area contributed by atoms with Crippen molar-refractivity contribution >= 4 is 5.78 Å². The molecule has 0 aromatic rings. The van der Waals surface area contributed by atoms with Crippen LogP contribution < -0.4 is 0 Å². The van der Waals surface area contributed by atoms with E-state index in [1.54, 1.807) is 6.08 Å². The summed E-state index contributed by atoms with van der Waals surface area (Å²) < 4.78 is 0. The molecule has 1 rings (SSSR count). The highest BCUT2D eigenvalue weighted by molar-refractivity contribution is 5.91. The van der Waals surface area contributed by atoms with E-state index in [2.05, 4.69) is 13.2 Å². The van der Waals surface area contributed by atoms with Crippen molar-refractivity contribution in [2.45, 2.75) is 31.3 Å². The van der Waals surface area contributed by atoms with Gasteiger partial charge in [0.1, 0.15) is 5.60 Å². The van der Waals surface area contributed by atoms with E-state index in [1.165, 1.54) is 6.08 Å². The average Bonchev–Trinajstić information content (AvgIpc) is 2.14. The highest BCUT2D eigenvalue weighted by atomic mass is 16.3. The highest BCUT2D eigenvalue weighted by Crippen LogP contribution is 2.31. The summed E-state index contributed by atoms with van der Waals surface area (Å²) in [6.07, 6.45) is 6.02. The van der Waals surface area contributed by atoms with Gasteiger partial charge in [0.05, 0.1) is 0 Å². The lowest BCUT2D eigenvalue weighted by Crippen LogP contribution is -2.44. The van der Waals surface area contributed by atoms with Crippen molar-refractivity contribution in [3.05, 3.63) is 25.3 Å². The van der Waals surface area contributed by atoms with Crippen molar-refractivity contribution in [2.75, 3.05) is 0 Å². The molecule has 1 saturated carbocycles. The van der Waals surface area contributed by atoms with Gasteiger partial charge in [-0.2, -0.15) is 0 Å². The van der Waals surface area contributed by atoms with E-state index in [0.717, 1.165) is 12.8 Å². The minimum absolute atomic E-state index is 0.0609. The lowest BCUT2D eigenvalue weighted by Gasteiger charge is -2.32. The Balaban J connectivity index is 2.76. The minimum atomic E-state index is -1.27. The molecule has 0 saturated heterocycles. The van der Waals surface area contributed by atoms with Crippen molar-refractivity contribution in [3.8, 4) is 0 Å². The molecule has 0 bridgehead atoms. The quantitative estimate of drug-likeness (QED) is 0.673. The number of ketones is 1. The molecule has 13 heavy (non-hydrogen) atoms. The third-order valence-corrected chi connectivity index (χ3v) is 2.70. The number of hydrogen-bond donors (Lipinski definition) is 1. The molecule has 1 aliphatic rings. The number of aliphatic hydroxyl groups is 1. The summed E-state index contributed by atoms with van der Waals surface area (Å²) in [7, 11) is 0. The van der Waals surface area contributed by atoms with Crippen LogP contribution in [0.4, 0.5) is 0 Å². The molecule has 1 N–H and O–H groups in total. The van der Waals surface area contributed by atoms with Gasteiger partial charge in [-0.05, 0) is 25.7 Å². The molecule has 0 aliphatic heterocycles. The Bertz CT molecular complexity index is 232. The smallest absolute Gasteiger partial charge is 0.171 e. The van der Waals surface area contributed by atoms with E-state index in [1.807, 2.05) is 0 Å². The molecule has 1 fully saturated rings. The summed E-state index contributed by atoms with van der Waals surface area (Å²) in [4.78, 5) is 11.7. The zero-order valence-corrected chi connectivity index (χ0v) is 7.83.